The second kappa shape index (κ2) is 6.02. The third-order valence-electron chi connectivity index (χ3n) is 3.99. The zero-order valence-corrected chi connectivity index (χ0v) is 11.6. The SMILES string of the molecule is Nc1n[nH]c(CCc2ncnn2CC2CCCCC2)n1. The number of aromatic amines is 1. The molecule has 20 heavy (non-hydrogen) atoms. The van der Waals surface area contributed by atoms with E-state index in [1.807, 2.05) is 0 Å². The van der Waals surface area contributed by atoms with Gasteiger partial charge in [0.25, 0.3) is 0 Å². The van der Waals surface area contributed by atoms with E-state index >= 15 is 0 Å². The molecule has 7 heteroatoms. The molecule has 2 heterocycles. The lowest BCUT2D eigenvalue weighted by molar-refractivity contribution is 0.304. The van der Waals surface area contributed by atoms with E-state index in [2.05, 4.69) is 29.9 Å². The van der Waals surface area contributed by atoms with Gasteiger partial charge in [0.15, 0.2) is 0 Å². The predicted molar refractivity (Wildman–Crippen MR) is 74.8 cm³/mol. The Labute approximate surface area is 118 Å². The van der Waals surface area contributed by atoms with Gasteiger partial charge in [-0.1, -0.05) is 19.3 Å². The minimum Gasteiger partial charge on any atom is -0.367 e. The van der Waals surface area contributed by atoms with E-state index in [9.17, 15) is 0 Å². The molecular weight excluding hydrogens is 254 g/mol. The molecule has 2 aromatic rings. The fourth-order valence-electron chi connectivity index (χ4n) is 2.90. The Morgan fingerprint density at radius 1 is 1.25 bits per heavy atom. The van der Waals surface area contributed by atoms with Crippen molar-refractivity contribution in [1.29, 1.82) is 0 Å². The van der Waals surface area contributed by atoms with Crippen LogP contribution in [0, 0.1) is 5.92 Å². The standard InChI is InChI=1S/C13H21N7/c14-13-17-11(18-19-13)6-7-12-15-9-16-20(12)8-10-4-2-1-3-5-10/h9-10H,1-8H2,(H3,14,17,18,19). The molecule has 0 unspecified atom stereocenters. The molecule has 0 aliphatic heterocycles. The molecule has 1 aliphatic rings. The van der Waals surface area contributed by atoms with E-state index < -0.39 is 0 Å². The molecule has 0 spiro atoms. The molecule has 0 amide bonds. The summed E-state index contributed by atoms with van der Waals surface area (Å²) < 4.78 is 2.05. The summed E-state index contributed by atoms with van der Waals surface area (Å²) in [6, 6.07) is 0. The normalized spacial score (nSPS) is 16.6. The summed E-state index contributed by atoms with van der Waals surface area (Å²) in [5, 5.41) is 11.0. The lowest BCUT2D eigenvalue weighted by atomic mass is 9.89. The zero-order chi connectivity index (χ0) is 13.8. The second-order valence-corrected chi connectivity index (χ2v) is 5.50. The number of aromatic nitrogens is 6. The van der Waals surface area contributed by atoms with Gasteiger partial charge in [-0.25, -0.2) is 9.67 Å². The molecule has 1 aliphatic carbocycles. The summed E-state index contributed by atoms with van der Waals surface area (Å²) in [6.45, 7) is 0.994. The third kappa shape index (κ3) is 3.15. The van der Waals surface area contributed by atoms with Gasteiger partial charge in [-0.05, 0) is 18.8 Å². The van der Waals surface area contributed by atoms with Gasteiger partial charge in [0.2, 0.25) is 5.95 Å². The molecule has 0 aromatic carbocycles. The highest BCUT2D eigenvalue weighted by Crippen LogP contribution is 2.25. The van der Waals surface area contributed by atoms with Gasteiger partial charge in [0, 0.05) is 19.4 Å². The van der Waals surface area contributed by atoms with Crippen molar-refractivity contribution in [2.45, 2.75) is 51.5 Å². The van der Waals surface area contributed by atoms with Crippen LogP contribution >= 0.6 is 0 Å². The summed E-state index contributed by atoms with van der Waals surface area (Å²) >= 11 is 0. The molecule has 1 saturated carbocycles. The minimum atomic E-state index is 0.295. The van der Waals surface area contributed by atoms with Crippen molar-refractivity contribution in [1.82, 2.24) is 29.9 Å². The molecule has 7 nitrogen and oxygen atoms in total. The van der Waals surface area contributed by atoms with E-state index in [1.54, 1.807) is 6.33 Å². The molecule has 1 fully saturated rings. The largest absolute Gasteiger partial charge is 0.367 e. The number of nitrogen functional groups attached to an aromatic ring is 1. The number of anilines is 1. The zero-order valence-electron chi connectivity index (χ0n) is 11.6. The van der Waals surface area contributed by atoms with Crippen LogP contribution in [0.15, 0.2) is 6.33 Å². The maximum absolute atomic E-state index is 5.49. The van der Waals surface area contributed by atoms with Crippen molar-refractivity contribution < 1.29 is 0 Å². The number of rotatable bonds is 5. The second-order valence-electron chi connectivity index (χ2n) is 5.50. The van der Waals surface area contributed by atoms with Gasteiger partial charge in [-0.3, -0.25) is 5.10 Å². The number of hydrogen-bond acceptors (Lipinski definition) is 5. The van der Waals surface area contributed by atoms with E-state index in [0.717, 1.165) is 37.0 Å². The number of hydrogen-bond donors (Lipinski definition) is 2. The van der Waals surface area contributed by atoms with Crippen LogP contribution in [-0.4, -0.2) is 29.9 Å². The highest BCUT2D eigenvalue weighted by Gasteiger charge is 2.16. The maximum Gasteiger partial charge on any atom is 0.239 e. The van der Waals surface area contributed by atoms with E-state index in [-0.39, 0.29) is 0 Å². The van der Waals surface area contributed by atoms with Gasteiger partial charge >= 0.3 is 0 Å². The molecule has 0 radical (unpaired) electrons. The molecule has 3 rings (SSSR count). The Balaban J connectivity index is 1.58. The predicted octanol–water partition coefficient (Wildman–Crippen LogP) is 1.34. The fourth-order valence-corrected chi connectivity index (χ4v) is 2.90. The summed E-state index contributed by atoms with van der Waals surface area (Å²) in [4.78, 5) is 8.47. The minimum absolute atomic E-state index is 0.295. The number of nitrogens with two attached hydrogens (primary N) is 1. The lowest BCUT2D eigenvalue weighted by Gasteiger charge is -2.21. The molecule has 0 atom stereocenters. The first-order chi connectivity index (χ1) is 9.81. The van der Waals surface area contributed by atoms with Gasteiger partial charge in [-0.2, -0.15) is 10.1 Å². The molecular formula is C13H21N7. The Bertz CT molecular complexity index is 538. The van der Waals surface area contributed by atoms with Crippen LogP contribution in [0.1, 0.15) is 43.8 Å². The Morgan fingerprint density at radius 2 is 2.10 bits per heavy atom. The van der Waals surface area contributed by atoms with Crippen molar-refractivity contribution >= 4 is 5.95 Å². The van der Waals surface area contributed by atoms with Gasteiger partial charge in [0.1, 0.15) is 18.0 Å². The van der Waals surface area contributed by atoms with E-state index in [4.69, 9.17) is 5.73 Å². The van der Waals surface area contributed by atoms with Crippen molar-refractivity contribution in [3.05, 3.63) is 18.0 Å². The first-order valence-corrected chi connectivity index (χ1v) is 7.34. The van der Waals surface area contributed by atoms with Crippen LogP contribution in [0.3, 0.4) is 0 Å². The van der Waals surface area contributed by atoms with Crippen LogP contribution in [-0.2, 0) is 19.4 Å². The molecule has 0 saturated heterocycles. The summed E-state index contributed by atoms with van der Waals surface area (Å²) in [6.07, 6.45) is 9.93. The molecule has 0 bridgehead atoms. The Kier molecular flexibility index (Phi) is 3.94. The number of aryl methyl sites for hydroxylation is 2. The summed E-state index contributed by atoms with van der Waals surface area (Å²) in [5.41, 5.74) is 5.49. The Morgan fingerprint density at radius 3 is 2.85 bits per heavy atom. The van der Waals surface area contributed by atoms with Crippen molar-refractivity contribution in [3.8, 4) is 0 Å². The monoisotopic (exact) mass is 275 g/mol. The first-order valence-electron chi connectivity index (χ1n) is 7.34. The highest BCUT2D eigenvalue weighted by molar-refractivity contribution is 5.12. The highest BCUT2D eigenvalue weighted by atomic mass is 15.3. The van der Waals surface area contributed by atoms with Crippen molar-refractivity contribution in [3.63, 3.8) is 0 Å². The van der Waals surface area contributed by atoms with Crippen molar-refractivity contribution in [2.24, 2.45) is 5.92 Å². The molecule has 108 valence electrons. The van der Waals surface area contributed by atoms with Gasteiger partial charge in [0.05, 0.1) is 0 Å². The van der Waals surface area contributed by atoms with Crippen LogP contribution < -0.4 is 5.73 Å². The summed E-state index contributed by atoms with van der Waals surface area (Å²) in [7, 11) is 0. The number of nitrogens with zero attached hydrogens (tertiary/aromatic N) is 5. The first kappa shape index (κ1) is 13.1. The van der Waals surface area contributed by atoms with Gasteiger partial charge in [-0.15, -0.1) is 5.10 Å². The van der Waals surface area contributed by atoms with Crippen LogP contribution in [0.4, 0.5) is 5.95 Å². The van der Waals surface area contributed by atoms with Crippen LogP contribution in [0.2, 0.25) is 0 Å². The number of nitrogens with one attached hydrogen (secondary N) is 1. The molecule has 2 aromatic heterocycles. The topological polar surface area (TPSA) is 98.3 Å². The lowest BCUT2D eigenvalue weighted by Crippen LogP contribution is -2.17. The molecule has 3 N–H and O–H groups in total. The fraction of sp³-hybridized carbons (Fsp3) is 0.692. The average Bonchev–Trinajstić information content (AvgIpc) is 3.07. The maximum atomic E-state index is 5.49. The smallest absolute Gasteiger partial charge is 0.239 e. The third-order valence-corrected chi connectivity index (χ3v) is 3.99. The quantitative estimate of drug-likeness (QED) is 0.858. The van der Waals surface area contributed by atoms with Crippen LogP contribution in [0.5, 0.6) is 0 Å². The summed E-state index contributed by atoms with van der Waals surface area (Å²) in [5.74, 6) is 2.87. The van der Waals surface area contributed by atoms with E-state index in [0.29, 0.717) is 5.95 Å². The average molecular weight is 275 g/mol. The Hall–Kier alpha value is -1.92. The van der Waals surface area contributed by atoms with E-state index in [1.165, 1.54) is 32.1 Å². The number of H-pyrrole nitrogens is 1. The van der Waals surface area contributed by atoms with Gasteiger partial charge < -0.3 is 5.73 Å². The van der Waals surface area contributed by atoms with Crippen LogP contribution in [0.25, 0.3) is 0 Å². The van der Waals surface area contributed by atoms with Crippen molar-refractivity contribution in [2.75, 3.05) is 5.73 Å².